The van der Waals surface area contributed by atoms with Gasteiger partial charge in [0.15, 0.2) is 0 Å². The van der Waals surface area contributed by atoms with Crippen LogP contribution in [0, 0.1) is 5.82 Å². The Morgan fingerprint density at radius 2 is 2.04 bits per heavy atom. The smallest absolute Gasteiger partial charge is 0.222 e. The summed E-state index contributed by atoms with van der Waals surface area (Å²) >= 11 is 0. The molecule has 2 aliphatic rings. The van der Waals surface area contributed by atoms with E-state index in [0.717, 1.165) is 43.0 Å². The Hall–Kier alpha value is -2.25. The third-order valence-corrected chi connectivity index (χ3v) is 4.83. The number of hydrogen-bond acceptors (Lipinski definition) is 6. The van der Waals surface area contributed by atoms with Gasteiger partial charge in [-0.05, 0) is 30.5 Å². The molecule has 1 saturated carbocycles. The van der Waals surface area contributed by atoms with E-state index < -0.39 is 0 Å². The predicted molar refractivity (Wildman–Crippen MR) is 91.6 cm³/mol. The van der Waals surface area contributed by atoms with Crippen LogP contribution in [-0.2, 0) is 11.3 Å². The molecular weight excluding hydrogens is 323 g/mol. The maximum Gasteiger partial charge on any atom is 0.222 e. The normalized spacial score (nSPS) is 23.2. The number of nitrogens with zero attached hydrogens (tertiary/aromatic N) is 3. The monoisotopic (exact) mass is 344 g/mol. The van der Waals surface area contributed by atoms with Gasteiger partial charge in [-0.1, -0.05) is 12.1 Å². The van der Waals surface area contributed by atoms with Crippen LogP contribution in [0.2, 0.25) is 0 Å². The Labute approximate surface area is 145 Å². The summed E-state index contributed by atoms with van der Waals surface area (Å²) in [5.41, 5.74) is 7.56. The van der Waals surface area contributed by atoms with Gasteiger partial charge in [0.1, 0.15) is 11.6 Å². The molecule has 132 valence electrons. The number of anilines is 2. The molecule has 1 aromatic carbocycles. The molecule has 0 atom stereocenters. The Bertz CT molecular complexity index is 760. The Balaban J connectivity index is 1.32. The number of rotatable bonds is 5. The molecule has 0 radical (unpaired) electrons. The van der Waals surface area contributed by atoms with Gasteiger partial charge in [-0.3, -0.25) is 0 Å². The van der Waals surface area contributed by atoms with Crippen LogP contribution in [0.4, 0.5) is 16.2 Å². The first-order chi connectivity index (χ1) is 12.1. The van der Waals surface area contributed by atoms with Crippen molar-refractivity contribution in [1.82, 2.24) is 9.97 Å². The lowest BCUT2D eigenvalue weighted by atomic mass is 9.80. The summed E-state index contributed by atoms with van der Waals surface area (Å²) in [6.45, 7) is 1.84. The molecule has 1 aromatic heterocycles. The van der Waals surface area contributed by atoms with Crippen LogP contribution < -0.4 is 10.6 Å². The highest BCUT2D eigenvalue weighted by Gasteiger charge is 2.33. The van der Waals surface area contributed by atoms with Crippen molar-refractivity contribution in [3.63, 3.8) is 0 Å². The van der Waals surface area contributed by atoms with Gasteiger partial charge < -0.3 is 20.5 Å². The van der Waals surface area contributed by atoms with Crippen LogP contribution in [0.15, 0.2) is 30.3 Å². The van der Waals surface area contributed by atoms with Crippen LogP contribution in [0.25, 0.3) is 0 Å². The van der Waals surface area contributed by atoms with Crippen molar-refractivity contribution in [2.24, 2.45) is 0 Å². The quantitative estimate of drug-likeness (QED) is 0.861. The first-order valence-electron chi connectivity index (χ1n) is 8.50. The maximum atomic E-state index is 13.2. The molecule has 1 aliphatic carbocycles. The highest BCUT2D eigenvalue weighted by atomic mass is 19.1. The van der Waals surface area contributed by atoms with E-state index in [2.05, 4.69) is 14.9 Å². The summed E-state index contributed by atoms with van der Waals surface area (Å²) in [5.74, 6) is 1.08. The highest BCUT2D eigenvalue weighted by Crippen LogP contribution is 2.37. The average Bonchev–Trinajstić information content (AvgIpc) is 2.50. The zero-order valence-corrected chi connectivity index (χ0v) is 13.8. The third kappa shape index (κ3) is 3.57. The molecule has 1 aliphatic heterocycles. The van der Waals surface area contributed by atoms with Crippen LogP contribution in [0.3, 0.4) is 0 Å². The first kappa shape index (κ1) is 16.2. The number of aromatic nitrogens is 2. The number of nitrogens with two attached hydrogens (primary N) is 1. The number of aliphatic hydroxyl groups is 1. The first-order valence-corrected chi connectivity index (χ1v) is 8.50. The van der Waals surface area contributed by atoms with Gasteiger partial charge in [0.2, 0.25) is 5.95 Å². The Morgan fingerprint density at radius 1 is 1.24 bits per heavy atom. The molecule has 0 amide bonds. The van der Waals surface area contributed by atoms with E-state index in [1.54, 1.807) is 6.07 Å². The second kappa shape index (κ2) is 6.57. The predicted octanol–water partition coefficient (Wildman–Crippen LogP) is 1.84. The van der Waals surface area contributed by atoms with Crippen molar-refractivity contribution in [3.05, 3.63) is 47.4 Å². The lowest BCUT2D eigenvalue weighted by Crippen LogP contribution is -2.52. The number of nitrogen functional groups attached to an aromatic ring is 1. The van der Waals surface area contributed by atoms with Gasteiger partial charge in [0.05, 0.1) is 24.5 Å². The van der Waals surface area contributed by atoms with E-state index in [1.807, 2.05) is 12.1 Å². The van der Waals surface area contributed by atoms with Crippen LogP contribution in [0.5, 0.6) is 0 Å². The maximum absolute atomic E-state index is 13.2. The second-order valence-electron chi connectivity index (χ2n) is 6.80. The van der Waals surface area contributed by atoms with Crippen molar-refractivity contribution in [2.45, 2.75) is 37.6 Å². The van der Waals surface area contributed by atoms with Crippen molar-refractivity contribution >= 4 is 11.8 Å². The van der Waals surface area contributed by atoms with Crippen molar-refractivity contribution in [1.29, 1.82) is 0 Å². The SMILES string of the molecule is Nc1nc(C2CC(O)C2)cc(N2CC(OCc3cccc(F)c3)C2)n1. The lowest BCUT2D eigenvalue weighted by molar-refractivity contribution is 0.0219. The second-order valence-corrected chi connectivity index (χ2v) is 6.80. The number of halogens is 1. The van der Waals surface area contributed by atoms with Crippen LogP contribution in [0.1, 0.15) is 30.0 Å². The Morgan fingerprint density at radius 3 is 2.76 bits per heavy atom. The molecule has 0 bridgehead atoms. The minimum absolute atomic E-state index is 0.0911. The summed E-state index contributed by atoms with van der Waals surface area (Å²) in [5, 5.41) is 9.46. The number of ether oxygens (including phenoxy) is 1. The molecule has 0 unspecified atom stereocenters. The van der Waals surface area contributed by atoms with Crippen LogP contribution in [-0.4, -0.2) is 40.4 Å². The number of hydrogen-bond donors (Lipinski definition) is 2. The minimum Gasteiger partial charge on any atom is -0.393 e. The zero-order valence-electron chi connectivity index (χ0n) is 13.8. The van der Waals surface area contributed by atoms with Gasteiger partial charge >= 0.3 is 0 Å². The van der Waals surface area contributed by atoms with Gasteiger partial charge in [0, 0.05) is 25.1 Å². The molecule has 0 spiro atoms. The molecule has 6 nitrogen and oxygen atoms in total. The fourth-order valence-corrected chi connectivity index (χ4v) is 3.24. The summed E-state index contributed by atoms with van der Waals surface area (Å²) in [7, 11) is 0. The fraction of sp³-hybridized carbons (Fsp3) is 0.444. The summed E-state index contributed by atoms with van der Waals surface area (Å²) in [6.07, 6.45) is 1.33. The van der Waals surface area contributed by atoms with E-state index in [-0.39, 0.29) is 29.9 Å². The average molecular weight is 344 g/mol. The minimum atomic E-state index is -0.249. The van der Waals surface area contributed by atoms with Gasteiger partial charge in [-0.25, -0.2) is 9.37 Å². The zero-order chi connectivity index (χ0) is 17.4. The number of aliphatic hydroxyl groups excluding tert-OH is 1. The van der Waals surface area contributed by atoms with Crippen molar-refractivity contribution in [3.8, 4) is 0 Å². The standard InChI is InChI=1S/C18H21FN4O2/c19-13-3-1-2-11(4-13)10-25-15-8-23(9-15)17-7-16(21-18(20)22-17)12-5-14(24)6-12/h1-4,7,12,14-15,24H,5-6,8-10H2,(H2,20,21,22). The van der Waals surface area contributed by atoms with Crippen LogP contribution >= 0.6 is 0 Å². The Kier molecular flexibility index (Phi) is 4.27. The molecule has 25 heavy (non-hydrogen) atoms. The van der Waals surface area contributed by atoms with Crippen molar-refractivity contribution < 1.29 is 14.2 Å². The van der Waals surface area contributed by atoms with E-state index in [0.29, 0.717) is 6.61 Å². The topological polar surface area (TPSA) is 84.5 Å². The van der Waals surface area contributed by atoms with Gasteiger partial charge in [0.25, 0.3) is 0 Å². The molecule has 3 N–H and O–H groups in total. The summed E-state index contributed by atoms with van der Waals surface area (Å²) in [6, 6.07) is 8.40. The molecule has 2 aromatic rings. The molecule has 2 heterocycles. The van der Waals surface area contributed by atoms with E-state index >= 15 is 0 Å². The van der Waals surface area contributed by atoms with E-state index in [9.17, 15) is 9.50 Å². The molecule has 1 saturated heterocycles. The van der Waals surface area contributed by atoms with Gasteiger partial charge in [-0.15, -0.1) is 0 Å². The molecule has 4 rings (SSSR count). The summed E-state index contributed by atoms with van der Waals surface area (Å²) < 4.78 is 19.0. The number of benzene rings is 1. The third-order valence-electron chi connectivity index (χ3n) is 4.83. The lowest BCUT2D eigenvalue weighted by Gasteiger charge is -2.40. The van der Waals surface area contributed by atoms with Gasteiger partial charge in [-0.2, -0.15) is 4.98 Å². The van der Waals surface area contributed by atoms with E-state index in [4.69, 9.17) is 10.5 Å². The van der Waals surface area contributed by atoms with Crippen molar-refractivity contribution in [2.75, 3.05) is 23.7 Å². The molecule has 7 heteroatoms. The fourth-order valence-electron chi connectivity index (χ4n) is 3.24. The highest BCUT2D eigenvalue weighted by molar-refractivity contribution is 5.47. The van der Waals surface area contributed by atoms with E-state index in [1.165, 1.54) is 12.1 Å². The molecular formula is C18H21FN4O2. The largest absolute Gasteiger partial charge is 0.393 e. The summed E-state index contributed by atoms with van der Waals surface area (Å²) in [4.78, 5) is 10.7. The molecule has 2 fully saturated rings.